The highest BCUT2D eigenvalue weighted by Gasteiger charge is 2.07. The van der Waals surface area contributed by atoms with Crippen LogP contribution in [0.2, 0.25) is 5.28 Å². The van der Waals surface area contributed by atoms with Crippen molar-refractivity contribution in [1.82, 2.24) is 20.2 Å². The van der Waals surface area contributed by atoms with E-state index in [-0.39, 0.29) is 5.28 Å². The summed E-state index contributed by atoms with van der Waals surface area (Å²) in [5.74, 6) is 0. The molecule has 1 aromatic heterocycles. The highest BCUT2D eigenvalue weighted by Crippen LogP contribution is 2.17. The highest BCUT2D eigenvalue weighted by molar-refractivity contribution is 6.28. The topological polar surface area (TPSA) is 43.6 Å². The average molecular weight is 209 g/mol. The molecular formula is C9H9ClN4. The predicted molar refractivity (Wildman–Crippen MR) is 53.6 cm³/mol. The molecule has 0 amide bonds. The predicted octanol–water partition coefficient (Wildman–Crippen LogP) is 1.93. The van der Waals surface area contributed by atoms with E-state index in [9.17, 15) is 0 Å². The number of rotatable bonds is 1. The van der Waals surface area contributed by atoms with Gasteiger partial charge in [-0.1, -0.05) is 17.2 Å². The monoisotopic (exact) mass is 208 g/mol. The molecule has 0 saturated carbocycles. The third kappa shape index (κ3) is 1.48. The molecule has 0 unspecified atom stereocenters. The van der Waals surface area contributed by atoms with Gasteiger partial charge in [0.15, 0.2) is 0 Å². The van der Waals surface area contributed by atoms with E-state index in [0.29, 0.717) is 0 Å². The Balaban J connectivity index is 2.62. The lowest BCUT2D eigenvalue weighted by atomic mass is 10.1. The smallest absolute Gasteiger partial charge is 0.183 e. The normalized spacial score (nSPS) is 10.5. The van der Waals surface area contributed by atoms with Crippen molar-refractivity contribution in [2.24, 2.45) is 0 Å². The molecule has 0 radical (unpaired) electrons. The molecule has 2 rings (SSSR count). The lowest BCUT2D eigenvalue weighted by Gasteiger charge is -2.05. The van der Waals surface area contributed by atoms with Crippen molar-refractivity contribution in [2.75, 3.05) is 0 Å². The van der Waals surface area contributed by atoms with E-state index in [2.05, 4.69) is 15.5 Å². The van der Waals surface area contributed by atoms with Crippen LogP contribution in [0.4, 0.5) is 0 Å². The number of hydrogen-bond donors (Lipinski definition) is 0. The van der Waals surface area contributed by atoms with Crippen molar-refractivity contribution in [3.05, 3.63) is 34.6 Å². The molecule has 0 atom stereocenters. The van der Waals surface area contributed by atoms with Gasteiger partial charge in [0, 0.05) is 0 Å². The van der Waals surface area contributed by atoms with E-state index in [1.807, 2.05) is 32.0 Å². The molecule has 0 N–H and O–H groups in total. The molecule has 1 aromatic carbocycles. The first-order valence-corrected chi connectivity index (χ1v) is 4.58. The Kier molecular flexibility index (Phi) is 2.21. The first-order valence-electron chi connectivity index (χ1n) is 4.20. The molecule has 0 bridgehead atoms. The first-order chi connectivity index (χ1) is 6.68. The quantitative estimate of drug-likeness (QED) is 0.719. The van der Waals surface area contributed by atoms with Crippen LogP contribution in [-0.4, -0.2) is 20.2 Å². The number of aromatic nitrogens is 4. The minimum Gasteiger partial charge on any atom is -0.183 e. The van der Waals surface area contributed by atoms with Crippen LogP contribution < -0.4 is 0 Å². The molecule has 0 aliphatic rings. The van der Waals surface area contributed by atoms with Gasteiger partial charge in [0.2, 0.25) is 5.28 Å². The second-order valence-corrected chi connectivity index (χ2v) is 3.49. The molecular weight excluding hydrogens is 200 g/mol. The van der Waals surface area contributed by atoms with E-state index in [1.165, 1.54) is 4.68 Å². The minimum atomic E-state index is 0.277. The maximum atomic E-state index is 5.83. The minimum absolute atomic E-state index is 0.277. The zero-order chi connectivity index (χ0) is 10.1. The fourth-order valence-electron chi connectivity index (χ4n) is 1.27. The zero-order valence-corrected chi connectivity index (χ0v) is 8.65. The van der Waals surface area contributed by atoms with Gasteiger partial charge < -0.3 is 0 Å². The second-order valence-electron chi connectivity index (χ2n) is 3.15. The Morgan fingerprint density at radius 1 is 1.29 bits per heavy atom. The molecule has 0 saturated heterocycles. The molecule has 0 aliphatic heterocycles. The third-order valence-electron chi connectivity index (χ3n) is 2.02. The molecule has 72 valence electrons. The van der Waals surface area contributed by atoms with Gasteiger partial charge in [0.05, 0.1) is 5.69 Å². The SMILES string of the molecule is Cc1ccc(C)c(-n2nnnc2Cl)c1. The Morgan fingerprint density at radius 3 is 2.71 bits per heavy atom. The van der Waals surface area contributed by atoms with Gasteiger partial charge in [-0.3, -0.25) is 0 Å². The van der Waals surface area contributed by atoms with Crippen LogP contribution in [0.25, 0.3) is 5.69 Å². The maximum absolute atomic E-state index is 5.83. The summed E-state index contributed by atoms with van der Waals surface area (Å²) in [7, 11) is 0. The van der Waals surface area contributed by atoms with Gasteiger partial charge in [-0.05, 0) is 53.1 Å². The van der Waals surface area contributed by atoms with Crippen LogP contribution in [0.5, 0.6) is 0 Å². The summed E-state index contributed by atoms with van der Waals surface area (Å²) in [5, 5.41) is 11.2. The fourth-order valence-corrected chi connectivity index (χ4v) is 1.43. The Morgan fingerprint density at radius 2 is 2.07 bits per heavy atom. The standard InChI is InChI=1S/C9H9ClN4/c1-6-3-4-7(2)8(5-6)14-9(10)11-12-13-14/h3-5H,1-2H3. The number of nitrogens with zero attached hydrogens (tertiary/aromatic N) is 4. The number of benzene rings is 1. The molecule has 0 spiro atoms. The van der Waals surface area contributed by atoms with Gasteiger partial charge in [-0.2, -0.15) is 4.68 Å². The second kappa shape index (κ2) is 3.38. The van der Waals surface area contributed by atoms with Crippen molar-refractivity contribution in [3.8, 4) is 5.69 Å². The van der Waals surface area contributed by atoms with Gasteiger partial charge in [-0.15, -0.1) is 0 Å². The molecule has 1 heterocycles. The van der Waals surface area contributed by atoms with Crippen LogP contribution in [-0.2, 0) is 0 Å². The summed E-state index contributed by atoms with van der Waals surface area (Å²) in [4.78, 5) is 0. The van der Waals surface area contributed by atoms with Crippen molar-refractivity contribution in [1.29, 1.82) is 0 Å². The van der Waals surface area contributed by atoms with E-state index in [1.54, 1.807) is 0 Å². The highest BCUT2D eigenvalue weighted by atomic mass is 35.5. The van der Waals surface area contributed by atoms with Crippen LogP contribution in [0, 0.1) is 13.8 Å². The summed E-state index contributed by atoms with van der Waals surface area (Å²) in [5.41, 5.74) is 3.15. The van der Waals surface area contributed by atoms with Crippen LogP contribution >= 0.6 is 11.6 Å². The van der Waals surface area contributed by atoms with Crippen molar-refractivity contribution < 1.29 is 0 Å². The summed E-state index contributed by atoms with van der Waals surface area (Å²) in [6, 6.07) is 6.05. The van der Waals surface area contributed by atoms with Gasteiger partial charge in [0.1, 0.15) is 0 Å². The van der Waals surface area contributed by atoms with Crippen molar-refractivity contribution in [3.63, 3.8) is 0 Å². The fraction of sp³-hybridized carbons (Fsp3) is 0.222. The zero-order valence-electron chi connectivity index (χ0n) is 7.90. The van der Waals surface area contributed by atoms with Crippen LogP contribution in [0.1, 0.15) is 11.1 Å². The summed E-state index contributed by atoms with van der Waals surface area (Å²) >= 11 is 5.83. The third-order valence-corrected chi connectivity index (χ3v) is 2.26. The van der Waals surface area contributed by atoms with E-state index < -0.39 is 0 Å². The Bertz CT molecular complexity index is 464. The number of hydrogen-bond acceptors (Lipinski definition) is 3. The largest absolute Gasteiger partial charge is 0.247 e. The van der Waals surface area contributed by atoms with E-state index in [0.717, 1.165) is 16.8 Å². The lowest BCUT2D eigenvalue weighted by molar-refractivity contribution is 0.785. The van der Waals surface area contributed by atoms with Gasteiger partial charge in [-0.25, -0.2) is 0 Å². The first kappa shape index (κ1) is 9.15. The molecule has 4 nitrogen and oxygen atoms in total. The Labute approximate surface area is 86.5 Å². The Hall–Kier alpha value is -1.42. The lowest BCUT2D eigenvalue weighted by Crippen LogP contribution is -2.00. The molecule has 0 fully saturated rings. The van der Waals surface area contributed by atoms with Crippen molar-refractivity contribution >= 4 is 11.6 Å². The van der Waals surface area contributed by atoms with Gasteiger partial charge >= 0.3 is 0 Å². The van der Waals surface area contributed by atoms with Gasteiger partial charge in [0.25, 0.3) is 0 Å². The summed E-state index contributed by atoms with van der Waals surface area (Å²) in [6.45, 7) is 4.01. The summed E-state index contributed by atoms with van der Waals surface area (Å²) < 4.78 is 1.52. The summed E-state index contributed by atoms with van der Waals surface area (Å²) in [6.07, 6.45) is 0. The van der Waals surface area contributed by atoms with Crippen LogP contribution in [0.3, 0.4) is 0 Å². The number of tetrazole rings is 1. The molecule has 2 aromatic rings. The van der Waals surface area contributed by atoms with Crippen molar-refractivity contribution in [2.45, 2.75) is 13.8 Å². The maximum Gasteiger partial charge on any atom is 0.247 e. The van der Waals surface area contributed by atoms with E-state index in [4.69, 9.17) is 11.6 Å². The molecule has 5 heteroatoms. The molecule has 0 aliphatic carbocycles. The van der Waals surface area contributed by atoms with Crippen LogP contribution in [0.15, 0.2) is 18.2 Å². The molecule has 14 heavy (non-hydrogen) atoms. The number of aryl methyl sites for hydroxylation is 2. The number of halogens is 1. The average Bonchev–Trinajstić information content (AvgIpc) is 2.56. The van der Waals surface area contributed by atoms with E-state index >= 15 is 0 Å².